The fourth-order valence-corrected chi connectivity index (χ4v) is 2.31. The quantitative estimate of drug-likeness (QED) is 0.655. The molecule has 0 spiro atoms. The molecule has 4 N–H and O–H groups in total. The van der Waals surface area contributed by atoms with Gasteiger partial charge in [0.2, 0.25) is 5.91 Å². The zero-order valence-electron chi connectivity index (χ0n) is 10.2. The highest BCUT2D eigenvalue weighted by Crippen LogP contribution is 2.28. The Bertz CT molecular complexity index is 221. The number of aliphatic hydroxyl groups is 1. The Kier molecular flexibility index (Phi) is 5.22. The summed E-state index contributed by atoms with van der Waals surface area (Å²) in [6.45, 7) is 1.94. The monoisotopic (exact) mass is 228 g/mol. The number of nitrogens with two attached hydrogens (primary N) is 1. The predicted octanol–water partition coefficient (Wildman–Crippen LogP) is 0.925. The Labute approximate surface area is 97.6 Å². The van der Waals surface area contributed by atoms with E-state index < -0.39 is 0 Å². The number of aliphatic hydroxyl groups excluding tert-OH is 1. The van der Waals surface area contributed by atoms with Crippen molar-refractivity contribution in [3.8, 4) is 0 Å². The molecule has 0 saturated heterocycles. The lowest BCUT2D eigenvalue weighted by atomic mass is 9.80. The zero-order valence-corrected chi connectivity index (χ0v) is 10.2. The molecule has 0 radical (unpaired) electrons. The Hall–Kier alpha value is -0.610. The second-order valence-corrected chi connectivity index (χ2v) is 4.96. The Morgan fingerprint density at radius 1 is 1.44 bits per heavy atom. The molecule has 94 valence electrons. The van der Waals surface area contributed by atoms with Crippen molar-refractivity contribution in [3.63, 3.8) is 0 Å². The lowest BCUT2D eigenvalue weighted by Crippen LogP contribution is -2.48. The van der Waals surface area contributed by atoms with Gasteiger partial charge in [-0.15, -0.1) is 0 Å². The van der Waals surface area contributed by atoms with E-state index in [2.05, 4.69) is 5.32 Å². The lowest BCUT2D eigenvalue weighted by molar-refractivity contribution is -0.123. The first kappa shape index (κ1) is 13.5. The van der Waals surface area contributed by atoms with Crippen molar-refractivity contribution in [1.29, 1.82) is 0 Å². The molecule has 0 bridgehead atoms. The molecule has 0 aromatic rings. The van der Waals surface area contributed by atoms with Gasteiger partial charge in [0, 0.05) is 12.0 Å². The molecule has 1 amide bonds. The van der Waals surface area contributed by atoms with Crippen molar-refractivity contribution < 1.29 is 9.90 Å². The molecule has 1 aliphatic carbocycles. The summed E-state index contributed by atoms with van der Waals surface area (Å²) in [4.78, 5) is 11.7. The molecule has 1 fully saturated rings. The van der Waals surface area contributed by atoms with Crippen LogP contribution in [0.1, 0.15) is 51.9 Å². The van der Waals surface area contributed by atoms with Crippen LogP contribution in [0.3, 0.4) is 0 Å². The van der Waals surface area contributed by atoms with Crippen LogP contribution in [-0.2, 0) is 4.79 Å². The molecule has 1 rings (SSSR count). The van der Waals surface area contributed by atoms with Gasteiger partial charge in [-0.2, -0.15) is 0 Å². The van der Waals surface area contributed by atoms with E-state index in [1.54, 1.807) is 0 Å². The van der Waals surface area contributed by atoms with Crippen molar-refractivity contribution >= 4 is 5.91 Å². The number of nitrogens with one attached hydrogen (secondary N) is 1. The number of hydrogen-bond donors (Lipinski definition) is 3. The van der Waals surface area contributed by atoms with Crippen LogP contribution < -0.4 is 11.1 Å². The van der Waals surface area contributed by atoms with Crippen molar-refractivity contribution in [1.82, 2.24) is 5.32 Å². The van der Waals surface area contributed by atoms with Crippen molar-refractivity contribution in [2.24, 2.45) is 5.73 Å². The van der Waals surface area contributed by atoms with E-state index in [0.29, 0.717) is 6.42 Å². The van der Waals surface area contributed by atoms with Crippen LogP contribution in [-0.4, -0.2) is 29.2 Å². The van der Waals surface area contributed by atoms with Gasteiger partial charge in [0.1, 0.15) is 0 Å². The first-order chi connectivity index (χ1) is 7.59. The number of hydrogen-bond acceptors (Lipinski definition) is 3. The number of carbonyl (C=O) groups is 1. The summed E-state index contributed by atoms with van der Waals surface area (Å²) in [6, 6.07) is -0.125. The summed E-state index contributed by atoms with van der Waals surface area (Å²) in [5.74, 6) is -0.0229. The van der Waals surface area contributed by atoms with Crippen LogP contribution in [0.4, 0.5) is 0 Å². The van der Waals surface area contributed by atoms with E-state index in [-0.39, 0.29) is 24.1 Å². The van der Waals surface area contributed by atoms with Gasteiger partial charge in [-0.1, -0.05) is 26.2 Å². The molecule has 0 unspecified atom stereocenters. The van der Waals surface area contributed by atoms with Gasteiger partial charge in [0.25, 0.3) is 0 Å². The minimum absolute atomic E-state index is 0.000187. The SMILES string of the molecule is CC[C@@H](CO)NC(=O)CC1(N)CCCCC1. The minimum atomic E-state index is -0.309. The second-order valence-electron chi connectivity index (χ2n) is 4.96. The van der Waals surface area contributed by atoms with E-state index in [1.807, 2.05) is 6.92 Å². The van der Waals surface area contributed by atoms with E-state index in [0.717, 1.165) is 32.1 Å². The van der Waals surface area contributed by atoms with Crippen LogP contribution in [0.5, 0.6) is 0 Å². The van der Waals surface area contributed by atoms with Crippen LogP contribution >= 0.6 is 0 Å². The summed E-state index contributed by atoms with van der Waals surface area (Å²) < 4.78 is 0. The Morgan fingerprint density at radius 3 is 2.56 bits per heavy atom. The highest BCUT2D eigenvalue weighted by atomic mass is 16.3. The Morgan fingerprint density at radius 2 is 2.06 bits per heavy atom. The van der Waals surface area contributed by atoms with E-state index >= 15 is 0 Å². The fourth-order valence-electron chi connectivity index (χ4n) is 2.31. The van der Waals surface area contributed by atoms with Gasteiger partial charge in [0.05, 0.1) is 12.6 Å². The smallest absolute Gasteiger partial charge is 0.222 e. The normalized spacial score (nSPS) is 21.4. The molecule has 0 aliphatic heterocycles. The molecule has 0 aromatic carbocycles. The maximum absolute atomic E-state index is 11.7. The number of rotatable bonds is 5. The molecular formula is C12H24N2O2. The van der Waals surface area contributed by atoms with Gasteiger partial charge in [-0.3, -0.25) is 4.79 Å². The van der Waals surface area contributed by atoms with Gasteiger partial charge in [0.15, 0.2) is 0 Å². The average molecular weight is 228 g/mol. The van der Waals surface area contributed by atoms with Crippen LogP contribution in [0, 0.1) is 0 Å². The third kappa shape index (κ3) is 4.10. The lowest BCUT2D eigenvalue weighted by Gasteiger charge is -2.33. The molecule has 0 heterocycles. The predicted molar refractivity (Wildman–Crippen MR) is 63.9 cm³/mol. The highest BCUT2D eigenvalue weighted by Gasteiger charge is 2.30. The standard InChI is InChI=1S/C12H24N2O2/c1-2-10(9-15)14-11(16)8-12(13)6-4-3-5-7-12/h10,15H,2-9,13H2,1H3,(H,14,16)/t10-/m0/s1. The second kappa shape index (κ2) is 6.21. The van der Waals surface area contributed by atoms with Crippen molar-refractivity contribution in [2.75, 3.05) is 6.61 Å². The zero-order chi connectivity index (χ0) is 12.0. The molecular weight excluding hydrogens is 204 g/mol. The molecule has 1 aliphatic rings. The number of carbonyl (C=O) groups excluding carboxylic acids is 1. The van der Waals surface area contributed by atoms with Crippen molar-refractivity contribution in [2.45, 2.75) is 63.5 Å². The maximum Gasteiger partial charge on any atom is 0.222 e. The summed E-state index contributed by atoms with van der Waals surface area (Å²) in [5.41, 5.74) is 5.89. The van der Waals surface area contributed by atoms with Gasteiger partial charge in [-0.25, -0.2) is 0 Å². The topological polar surface area (TPSA) is 75.3 Å². The van der Waals surface area contributed by atoms with Gasteiger partial charge >= 0.3 is 0 Å². The third-order valence-electron chi connectivity index (χ3n) is 3.44. The van der Waals surface area contributed by atoms with E-state index in [4.69, 9.17) is 10.8 Å². The van der Waals surface area contributed by atoms with Gasteiger partial charge in [-0.05, 0) is 19.3 Å². The Balaban J connectivity index is 2.37. The number of amides is 1. The van der Waals surface area contributed by atoms with E-state index in [9.17, 15) is 4.79 Å². The average Bonchev–Trinajstić information content (AvgIpc) is 2.26. The molecule has 1 atom stereocenters. The highest BCUT2D eigenvalue weighted by molar-refractivity contribution is 5.77. The molecule has 16 heavy (non-hydrogen) atoms. The molecule has 4 nitrogen and oxygen atoms in total. The van der Waals surface area contributed by atoms with Crippen LogP contribution in [0.2, 0.25) is 0 Å². The summed E-state index contributed by atoms with van der Waals surface area (Å²) >= 11 is 0. The molecule has 4 heteroatoms. The van der Waals surface area contributed by atoms with Crippen LogP contribution in [0.15, 0.2) is 0 Å². The van der Waals surface area contributed by atoms with E-state index in [1.165, 1.54) is 6.42 Å². The van der Waals surface area contributed by atoms with Crippen molar-refractivity contribution in [3.05, 3.63) is 0 Å². The third-order valence-corrected chi connectivity index (χ3v) is 3.44. The minimum Gasteiger partial charge on any atom is -0.394 e. The molecule has 0 aromatic heterocycles. The first-order valence-electron chi connectivity index (χ1n) is 6.29. The van der Waals surface area contributed by atoms with Gasteiger partial charge < -0.3 is 16.2 Å². The fraction of sp³-hybridized carbons (Fsp3) is 0.917. The summed E-state index contributed by atoms with van der Waals surface area (Å²) in [7, 11) is 0. The summed E-state index contributed by atoms with van der Waals surface area (Å²) in [6.07, 6.45) is 6.51. The maximum atomic E-state index is 11.7. The first-order valence-corrected chi connectivity index (χ1v) is 6.29. The summed E-state index contributed by atoms with van der Waals surface area (Å²) in [5, 5.41) is 11.8. The van der Waals surface area contributed by atoms with Crippen LogP contribution in [0.25, 0.3) is 0 Å². The molecule has 1 saturated carbocycles. The largest absolute Gasteiger partial charge is 0.394 e.